The molecule has 2 aromatic rings. The van der Waals surface area contributed by atoms with Crippen LogP contribution in [0.25, 0.3) is 0 Å². The number of nitriles is 1. The van der Waals surface area contributed by atoms with Crippen LogP contribution in [0, 0.1) is 24.2 Å². The molecule has 0 amide bonds. The molecule has 2 aliphatic rings. The molecule has 162 valence electrons. The third-order valence-corrected chi connectivity index (χ3v) is 6.73. The maximum atomic E-state index is 9.01. The van der Waals surface area contributed by atoms with Gasteiger partial charge in [-0.25, -0.2) is 0 Å². The van der Waals surface area contributed by atoms with Crippen molar-refractivity contribution in [1.82, 2.24) is 10.2 Å². The van der Waals surface area contributed by atoms with Crippen molar-refractivity contribution in [1.29, 1.82) is 5.26 Å². The molecule has 0 bridgehead atoms. The van der Waals surface area contributed by atoms with E-state index < -0.39 is 0 Å². The Bertz CT molecular complexity index is 941. The standard InChI is InChI=1S/C27H34N4/c1-21-6-9-26-19-30(16-12-24(26)17-21)14-4-13-29-22(2)25-5-3-15-31(20-25)27-10-7-23(18-28)8-11-27/h6-11,17,25,29H,2-5,12-16,19-20H2,1H3. The molecular weight excluding hydrogens is 380 g/mol. The highest BCUT2D eigenvalue weighted by atomic mass is 15.1. The van der Waals surface area contributed by atoms with E-state index >= 15 is 0 Å². The van der Waals surface area contributed by atoms with Crippen LogP contribution < -0.4 is 10.2 Å². The lowest BCUT2D eigenvalue weighted by Gasteiger charge is -2.35. The molecular formula is C27H34N4. The second-order valence-corrected chi connectivity index (χ2v) is 9.05. The van der Waals surface area contributed by atoms with Crippen molar-refractivity contribution in [3.63, 3.8) is 0 Å². The Labute approximate surface area is 187 Å². The van der Waals surface area contributed by atoms with Crippen LogP contribution in [-0.2, 0) is 13.0 Å². The molecule has 2 aromatic carbocycles. The van der Waals surface area contributed by atoms with Gasteiger partial charge in [0.2, 0.25) is 0 Å². The Balaban J connectivity index is 1.20. The van der Waals surface area contributed by atoms with Crippen molar-refractivity contribution in [2.75, 3.05) is 37.6 Å². The molecule has 1 N–H and O–H groups in total. The third-order valence-electron chi connectivity index (χ3n) is 6.73. The first kappa shape index (κ1) is 21.5. The predicted octanol–water partition coefficient (Wildman–Crippen LogP) is 4.63. The number of hydrogen-bond donors (Lipinski definition) is 1. The highest BCUT2D eigenvalue weighted by molar-refractivity contribution is 5.50. The molecule has 0 aliphatic carbocycles. The van der Waals surface area contributed by atoms with Crippen LogP contribution in [0.4, 0.5) is 5.69 Å². The van der Waals surface area contributed by atoms with Crippen molar-refractivity contribution in [2.45, 2.75) is 39.2 Å². The zero-order chi connectivity index (χ0) is 21.6. The number of anilines is 1. The minimum Gasteiger partial charge on any atom is -0.388 e. The molecule has 31 heavy (non-hydrogen) atoms. The van der Waals surface area contributed by atoms with Gasteiger partial charge in [0.1, 0.15) is 0 Å². The Morgan fingerprint density at radius 3 is 2.81 bits per heavy atom. The first-order valence-electron chi connectivity index (χ1n) is 11.6. The number of hydrogen-bond acceptors (Lipinski definition) is 4. The summed E-state index contributed by atoms with van der Waals surface area (Å²) in [6, 6.07) is 17.0. The summed E-state index contributed by atoms with van der Waals surface area (Å²) in [6.45, 7) is 13.0. The normalized spacial score (nSPS) is 18.8. The van der Waals surface area contributed by atoms with E-state index in [4.69, 9.17) is 5.26 Å². The first-order valence-corrected chi connectivity index (χ1v) is 11.6. The van der Waals surface area contributed by atoms with Crippen LogP contribution in [0.2, 0.25) is 0 Å². The van der Waals surface area contributed by atoms with Gasteiger partial charge in [0.25, 0.3) is 0 Å². The van der Waals surface area contributed by atoms with Crippen molar-refractivity contribution >= 4 is 5.69 Å². The quantitative estimate of drug-likeness (QED) is 0.671. The maximum Gasteiger partial charge on any atom is 0.0991 e. The van der Waals surface area contributed by atoms with Gasteiger partial charge in [0.05, 0.1) is 11.6 Å². The molecule has 1 fully saturated rings. The summed E-state index contributed by atoms with van der Waals surface area (Å²) in [5, 5.41) is 12.6. The molecule has 0 radical (unpaired) electrons. The van der Waals surface area contributed by atoms with E-state index in [1.807, 2.05) is 12.1 Å². The fraction of sp³-hybridized carbons (Fsp3) is 0.444. The Morgan fingerprint density at radius 1 is 1.16 bits per heavy atom. The number of rotatable bonds is 7. The fourth-order valence-corrected chi connectivity index (χ4v) is 4.87. The van der Waals surface area contributed by atoms with E-state index in [2.05, 4.69) is 65.0 Å². The van der Waals surface area contributed by atoms with Crippen LogP contribution in [0.1, 0.15) is 41.5 Å². The summed E-state index contributed by atoms with van der Waals surface area (Å²) >= 11 is 0. The zero-order valence-corrected chi connectivity index (χ0v) is 18.7. The molecule has 1 saturated heterocycles. The number of nitrogens with one attached hydrogen (secondary N) is 1. The van der Waals surface area contributed by atoms with Gasteiger partial charge in [-0.15, -0.1) is 0 Å². The summed E-state index contributed by atoms with van der Waals surface area (Å²) in [5.74, 6) is 0.481. The lowest BCUT2D eigenvalue weighted by Crippen LogP contribution is -2.39. The molecule has 4 rings (SSSR count). The summed E-state index contributed by atoms with van der Waals surface area (Å²) in [6.07, 6.45) is 4.69. The summed E-state index contributed by atoms with van der Waals surface area (Å²) in [4.78, 5) is 5.00. The van der Waals surface area contributed by atoms with E-state index in [9.17, 15) is 0 Å². The molecule has 2 heterocycles. The Kier molecular flexibility index (Phi) is 6.94. The topological polar surface area (TPSA) is 42.3 Å². The summed E-state index contributed by atoms with van der Waals surface area (Å²) < 4.78 is 0. The van der Waals surface area contributed by atoms with Gasteiger partial charge in [-0.1, -0.05) is 30.3 Å². The number of fused-ring (bicyclic) bond motifs is 1. The Morgan fingerprint density at radius 2 is 2.00 bits per heavy atom. The average Bonchev–Trinajstić information content (AvgIpc) is 2.82. The monoisotopic (exact) mass is 414 g/mol. The fourth-order valence-electron chi connectivity index (χ4n) is 4.87. The first-order chi connectivity index (χ1) is 15.1. The number of aryl methyl sites for hydroxylation is 1. The molecule has 2 aliphatic heterocycles. The van der Waals surface area contributed by atoms with Crippen LogP contribution in [-0.4, -0.2) is 37.6 Å². The predicted molar refractivity (Wildman–Crippen MR) is 128 cm³/mol. The number of piperidine rings is 1. The summed E-state index contributed by atoms with van der Waals surface area (Å²) in [5.41, 5.74) is 7.51. The van der Waals surface area contributed by atoms with Crippen molar-refractivity contribution in [3.8, 4) is 6.07 Å². The van der Waals surface area contributed by atoms with Crippen molar-refractivity contribution < 1.29 is 0 Å². The van der Waals surface area contributed by atoms with E-state index in [1.54, 1.807) is 0 Å². The Hall–Kier alpha value is -2.77. The van der Waals surface area contributed by atoms with Gasteiger partial charge in [-0.3, -0.25) is 4.90 Å². The van der Waals surface area contributed by atoms with Crippen molar-refractivity contribution in [2.24, 2.45) is 5.92 Å². The second kappa shape index (κ2) is 10.0. The van der Waals surface area contributed by atoms with Gasteiger partial charge < -0.3 is 10.2 Å². The van der Waals surface area contributed by atoms with E-state index in [0.717, 1.165) is 44.7 Å². The highest BCUT2D eigenvalue weighted by Crippen LogP contribution is 2.26. The van der Waals surface area contributed by atoms with Crippen LogP contribution >= 0.6 is 0 Å². The minimum absolute atomic E-state index is 0.481. The molecule has 4 heteroatoms. The average molecular weight is 415 g/mol. The van der Waals surface area contributed by atoms with Crippen LogP contribution in [0.5, 0.6) is 0 Å². The maximum absolute atomic E-state index is 9.01. The largest absolute Gasteiger partial charge is 0.388 e. The molecule has 1 atom stereocenters. The summed E-state index contributed by atoms with van der Waals surface area (Å²) in [7, 11) is 0. The lowest BCUT2D eigenvalue weighted by molar-refractivity contribution is 0.250. The van der Waals surface area contributed by atoms with Crippen molar-refractivity contribution in [3.05, 3.63) is 77.0 Å². The van der Waals surface area contributed by atoms with E-state index in [0.29, 0.717) is 5.92 Å². The molecule has 4 nitrogen and oxygen atoms in total. The van der Waals surface area contributed by atoms with Crippen LogP contribution in [0.3, 0.4) is 0 Å². The van der Waals surface area contributed by atoms with Gasteiger partial charge >= 0.3 is 0 Å². The minimum atomic E-state index is 0.481. The number of nitrogens with zero attached hydrogens (tertiary/aromatic N) is 3. The second-order valence-electron chi connectivity index (χ2n) is 9.05. The number of benzene rings is 2. The SMILES string of the molecule is C=C(NCCCN1CCc2cc(C)ccc2C1)C1CCCN(c2ccc(C#N)cc2)C1. The lowest BCUT2D eigenvalue weighted by atomic mass is 9.94. The molecule has 0 saturated carbocycles. The highest BCUT2D eigenvalue weighted by Gasteiger charge is 2.22. The van der Waals surface area contributed by atoms with Gasteiger partial charge in [0, 0.05) is 56.6 Å². The van der Waals surface area contributed by atoms with E-state index in [-0.39, 0.29) is 0 Å². The molecule has 0 aromatic heterocycles. The third kappa shape index (κ3) is 5.48. The molecule has 1 unspecified atom stereocenters. The zero-order valence-electron chi connectivity index (χ0n) is 18.7. The van der Waals surface area contributed by atoms with Gasteiger partial charge in [-0.2, -0.15) is 5.26 Å². The van der Waals surface area contributed by atoms with Gasteiger partial charge in [-0.05, 0) is 68.0 Å². The van der Waals surface area contributed by atoms with Gasteiger partial charge in [0.15, 0.2) is 0 Å². The van der Waals surface area contributed by atoms with E-state index in [1.165, 1.54) is 53.9 Å². The molecule has 0 spiro atoms. The smallest absolute Gasteiger partial charge is 0.0991 e. The van der Waals surface area contributed by atoms with Crippen LogP contribution in [0.15, 0.2) is 54.7 Å².